The predicted molar refractivity (Wildman–Crippen MR) is 96.7 cm³/mol. The van der Waals surface area contributed by atoms with Crippen molar-refractivity contribution in [3.63, 3.8) is 0 Å². The number of rotatable bonds is 4. The van der Waals surface area contributed by atoms with Gasteiger partial charge in [-0.25, -0.2) is 0 Å². The second-order valence-electron chi connectivity index (χ2n) is 6.53. The van der Waals surface area contributed by atoms with Gasteiger partial charge in [-0.2, -0.15) is 0 Å². The van der Waals surface area contributed by atoms with E-state index in [0.717, 1.165) is 11.8 Å². The average Bonchev–Trinajstić information content (AvgIpc) is 2.46. The van der Waals surface area contributed by atoms with Crippen LogP contribution in [0.15, 0.2) is 24.3 Å². The Balaban J connectivity index is 0.000000745. The fourth-order valence-electron chi connectivity index (χ4n) is 2.64. The molecule has 0 saturated carbocycles. The number of carboxylic acid groups (broad SMARTS) is 1. The van der Waals surface area contributed by atoms with Crippen LogP contribution in [-0.2, 0) is 17.6 Å². The first-order chi connectivity index (χ1) is 10.4. The Labute approximate surface area is 141 Å². The molecule has 3 nitrogen and oxygen atoms in total. The summed E-state index contributed by atoms with van der Waals surface area (Å²) in [6.07, 6.45) is 7.99. The van der Waals surface area contributed by atoms with Crippen LogP contribution >= 0.6 is 15.9 Å². The maximum absolute atomic E-state index is 8.36. The fourth-order valence-corrected chi connectivity index (χ4v) is 3.04. The van der Waals surface area contributed by atoms with Gasteiger partial charge in [-0.1, -0.05) is 46.3 Å². The van der Waals surface area contributed by atoms with Crippen LogP contribution in [0, 0.1) is 0 Å². The summed E-state index contributed by atoms with van der Waals surface area (Å²) < 4.78 is 0. The molecule has 1 unspecified atom stereocenters. The van der Waals surface area contributed by atoms with Crippen molar-refractivity contribution in [3.05, 3.63) is 41.0 Å². The van der Waals surface area contributed by atoms with Gasteiger partial charge in [0, 0.05) is 16.9 Å². The summed E-state index contributed by atoms with van der Waals surface area (Å²) in [5.74, 6) is 0. The highest BCUT2D eigenvalue weighted by Crippen LogP contribution is 2.21. The van der Waals surface area contributed by atoms with E-state index in [1.807, 2.05) is 0 Å². The molecule has 1 aromatic rings. The first kappa shape index (κ1) is 18.9. The van der Waals surface area contributed by atoms with Gasteiger partial charge in [-0.3, -0.25) is 4.79 Å². The van der Waals surface area contributed by atoms with Crippen molar-refractivity contribution in [2.75, 3.05) is 5.33 Å². The van der Waals surface area contributed by atoms with Gasteiger partial charge in [-0.05, 0) is 56.7 Å². The number of nitrogens with one attached hydrogen (secondary N) is 1. The Morgan fingerprint density at radius 3 is 2.68 bits per heavy atom. The number of fused-ring (bicyclic) bond motifs is 1. The highest BCUT2D eigenvalue weighted by Gasteiger charge is 2.17. The number of halogens is 1. The van der Waals surface area contributed by atoms with Gasteiger partial charge in [-0.15, -0.1) is 0 Å². The minimum Gasteiger partial charge on any atom is -0.483 e. The van der Waals surface area contributed by atoms with Gasteiger partial charge in [0.25, 0.3) is 6.47 Å². The van der Waals surface area contributed by atoms with E-state index in [9.17, 15) is 0 Å². The third-order valence-corrected chi connectivity index (χ3v) is 4.18. The lowest BCUT2D eigenvalue weighted by molar-refractivity contribution is -0.122. The van der Waals surface area contributed by atoms with Gasteiger partial charge in [0.05, 0.1) is 0 Å². The Bertz CT molecular complexity index is 506. The van der Waals surface area contributed by atoms with Crippen LogP contribution in [0.3, 0.4) is 0 Å². The fraction of sp³-hybridized carbons (Fsp3) is 0.500. The molecule has 0 aromatic heterocycles. The average molecular weight is 368 g/mol. The number of allylic oxidation sites excluding steroid dienone is 1. The molecule has 0 aliphatic heterocycles. The normalized spacial score (nSPS) is 14.5. The second-order valence-corrected chi connectivity index (χ2v) is 7.18. The molecule has 0 fully saturated rings. The smallest absolute Gasteiger partial charge is 0.290 e. The molecule has 22 heavy (non-hydrogen) atoms. The SMILES string of the molecule is CC(C)(C)NC(CBr)Cc1ccc2c(c1)C=CCC2.O=CO. The summed E-state index contributed by atoms with van der Waals surface area (Å²) in [6.45, 7) is 6.41. The van der Waals surface area contributed by atoms with Gasteiger partial charge < -0.3 is 10.4 Å². The quantitative estimate of drug-likeness (QED) is 0.623. The van der Waals surface area contributed by atoms with Crippen molar-refractivity contribution < 1.29 is 9.90 Å². The number of alkyl halides is 1. The molecule has 0 saturated heterocycles. The molecular formula is C18H26BrNO2. The predicted octanol–water partition coefficient (Wildman–Crippen LogP) is 4.04. The zero-order valence-corrected chi connectivity index (χ0v) is 15.2. The van der Waals surface area contributed by atoms with Crippen molar-refractivity contribution in [1.82, 2.24) is 5.32 Å². The van der Waals surface area contributed by atoms with Crippen LogP contribution in [0.25, 0.3) is 6.08 Å². The van der Waals surface area contributed by atoms with Crippen molar-refractivity contribution in [3.8, 4) is 0 Å². The zero-order chi connectivity index (χ0) is 16.6. The topological polar surface area (TPSA) is 49.3 Å². The Morgan fingerprint density at radius 1 is 1.41 bits per heavy atom. The molecule has 2 N–H and O–H groups in total. The first-order valence-electron chi connectivity index (χ1n) is 7.59. The summed E-state index contributed by atoms with van der Waals surface area (Å²) in [6, 6.07) is 7.42. The lowest BCUT2D eigenvalue weighted by Gasteiger charge is -2.27. The standard InChI is InChI=1S/C17H24BrN.CH2O2/c1-17(2,3)19-16(12-18)11-13-8-9-14-6-4-5-7-15(14)10-13;2-1-3/h5,7-10,16,19H,4,6,11-12H2,1-3H3;1H,(H,2,3). The molecule has 1 aliphatic carbocycles. The number of carbonyl (C=O) groups is 1. The largest absolute Gasteiger partial charge is 0.483 e. The highest BCUT2D eigenvalue weighted by molar-refractivity contribution is 9.09. The van der Waals surface area contributed by atoms with E-state index in [1.54, 1.807) is 0 Å². The number of hydrogen-bond donors (Lipinski definition) is 2. The van der Waals surface area contributed by atoms with Crippen LogP contribution in [-0.4, -0.2) is 28.5 Å². The molecule has 0 radical (unpaired) electrons. The summed E-state index contributed by atoms with van der Waals surface area (Å²) in [5.41, 5.74) is 4.48. The lowest BCUT2D eigenvalue weighted by Crippen LogP contribution is -2.45. The summed E-state index contributed by atoms with van der Waals surface area (Å²) >= 11 is 3.62. The molecule has 0 spiro atoms. The Kier molecular flexibility index (Phi) is 7.83. The van der Waals surface area contributed by atoms with Crippen molar-refractivity contribution in [2.24, 2.45) is 0 Å². The Morgan fingerprint density at radius 2 is 2.09 bits per heavy atom. The van der Waals surface area contributed by atoms with Crippen LogP contribution < -0.4 is 5.32 Å². The van der Waals surface area contributed by atoms with Crippen LogP contribution in [0.1, 0.15) is 43.9 Å². The molecule has 0 amide bonds. The highest BCUT2D eigenvalue weighted by atomic mass is 79.9. The van der Waals surface area contributed by atoms with Crippen molar-refractivity contribution in [2.45, 2.75) is 51.6 Å². The molecule has 1 aromatic carbocycles. The molecule has 122 valence electrons. The van der Waals surface area contributed by atoms with E-state index in [2.05, 4.69) is 72.4 Å². The van der Waals surface area contributed by atoms with Gasteiger partial charge in [0.1, 0.15) is 0 Å². The minimum atomic E-state index is -0.250. The van der Waals surface area contributed by atoms with Crippen LogP contribution in [0.2, 0.25) is 0 Å². The lowest BCUT2D eigenvalue weighted by atomic mass is 9.93. The van der Waals surface area contributed by atoms with Crippen LogP contribution in [0.4, 0.5) is 0 Å². The van der Waals surface area contributed by atoms with E-state index < -0.39 is 0 Å². The maximum Gasteiger partial charge on any atom is 0.290 e. The zero-order valence-electron chi connectivity index (χ0n) is 13.6. The number of aryl methyl sites for hydroxylation is 1. The summed E-state index contributed by atoms with van der Waals surface area (Å²) in [5, 5.41) is 11.5. The molecule has 0 bridgehead atoms. The monoisotopic (exact) mass is 367 g/mol. The van der Waals surface area contributed by atoms with Crippen molar-refractivity contribution >= 4 is 28.5 Å². The van der Waals surface area contributed by atoms with Crippen LogP contribution in [0.5, 0.6) is 0 Å². The van der Waals surface area contributed by atoms with Gasteiger partial charge in [0.15, 0.2) is 0 Å². The molecule has 4 heteroatoms. The van der Waals surface area contributed by atoms with E-state index in [1.165, 1.54) is 29.5 Å². The van der Waals surface area contributed by atoms with E-state index in [4.69, 9.17) is 9.90 Å². The molecule has 1 atom stereocenters. The molecule has 1 aliphatic rings. The molecular weight excluding hydrogens is 342 g/mol. The summed E-state index contributed by atoms with van der Waals surface area (Å²) in [4.78, 5) is 8.36. The van der Waals surface area contributed by atoms with Gasteiger partial charge in [0.2, 0.25) is 0 Å². The Hall–Kier alpha value is -1.13. The van der Waals surface area contributed by atoms with Gasteiger partial charge >= 0.3 is 0 Å². The van der Waals surface area contributed by atoms with E-state index in [0.29, 0.717) is 6.04 Å². The number of benzene rings is 1. The molecule has 2 rings (SSSR count). The maximum atomic E-state index is 8.36. The summed E-state index contributed by atoms with van der Waals surface area (Å²) in [7, 11) is 0. The first-order valence-corrected chi connectivity index (χ1v) is 8.71. The third kappa shape index (κ3) is 6.75. The molecule has 0 heterocycles. The van der Waals surface area contributed by atoms with E-state index in [-0.39, 0.29) is 12.0 Å². The van der Waals surface area contributed by atoms with Crippen molar-refractivity contribution in [1.29, 1.82) is 0 Å². The second kappa shape index (κ2) is 9.11. The minimum absolute atomic E-state index is 0.159. The third-order valence-electron chi connectivity index (χ3n) is 3.39. The van der Waals surface area contributed by atoms with E-state index >= 15 is 0 Å². The number of hydrogen-bond acceptors (Lipinski definition) is 2.